The number of hydrogen-bond acceptors (Lipinski definition) is 3. The highest BCUT2D eigenvalue weighted by Crippen LogP contribution is 2.19. The number of nitrogens with one attached hydrogen (secondary N) is 1. The van der Waals surface area contributed by atoms with Crippen molar-refractivity contribution in [1.29, 1.82) is 0 Å². The maximum atomic E-state index is 13.3. The first-order valence-electron chi connectivity index (χ1n) is 5.90. The summed E-state index contributed by atoms with van der Waals surface area (Å²) in [7, 11) is 0. The molecule has 100 valence electrons. The summed E-state index contributed by atoms with van der Waals surface area (Å²) in [5, 5.41) is 13.0. The van der Waals surface area contributed by atoms with Gasteiger partial charge in [-0.3, -0.25) is 4.98 Å². The molecule has 1 atom stereocenters. The van der Waals surface area contributed by atoms with Crippen molar-refractivity contribution in [3.8, 4) is 0 Å². The second-order valence-corrected chi connectivity index (χ2v) is 4.55. The monoisotopic (exact) mass is 280 g/mol. The number of aromatic nitrogens is 1. The lowest BCUT2D eigenvalue weighted by atomic mass is 10.1. The fraction of sp³-hybridized carbons (Fsp3) is 0.214. The lowest BCUT2D eigenvalue weighted by Crippen LogP contribution is -2.21. The van der Waals surface area contributed by atoms with Crippen molar-refractivity contribution in [2.24, 2.45) is 0 Å². The largest absolute Gasteiger partial charge is 0.387 e. The summed E-state index contributed by atoms with van der Waals surface area (Å²) < 4.78 is 13.3. The molecule has 0 aliphatic rings. The molecule has 1 aromatic carbocycles. The van der Waals surface area contributed by atoms with Gasteiger partial charge in [0.15, 0.2) is 0 Å². The molecular formula is C14H14ClFN2O. The van der Waals surface area contributed by atoms with E-state index in [0.29, 0.717) is 18.7 Å². The number of halogens is 2. The Morgan fingerprint density at radius 2 is 2.16 bits per heavy atom. The average Bonchev–Trinajstić information content (AvgIpc) is 2.43. The minimum absolute atomic E-state index is 0.0531. The van der Waals surface area contributed by atoms with Crippen LogP contribution in [0.5, 0.6) is 0 Å². The lowest BCUT2D eigenvalue weighted by Gasteiger charge is -2.12. The minimum Gasteiger partial charge on any atom is -0.387 e. The fourth-order valence-corrected chi connectivity index (χ4v) is 1.79. The molecule has 2 N–H and O–H groups in total. The van der Waals surface area contributed by atoms with E-state index in [1.807, 2.05) is 18.2 Å². The number of aliphatic hydroxyl groups excluding tert-OH is 1. The van der Waals surface area contributed by atoms with Crippen LogP contribution < -0.4 is 5.32 Å². The summed E-state index contributed by atoms with van der Waals surface area (Å²) in [4.78, 5) is 4.15. The highest BCUT2D eigenvalue weighted by molar-refractivity contribution is 6.30. The molecule has 0 spiro atoms. The van der Waals surface area contributed by atoms with Gasteiger partial charge >= 0.3 is 0 Å². The van der Waals surface area contributed by atoms with E-state index in [4.69, 9.17) is 11.6 Å². The maximum Gasteiger partial charge on any atom is 0.142 e. The average molecular weight is 281 g/mol. The Morgan fingerprint density at radius 3 is 2.84 bits per heavy atom. The van der Waals surface area contributed by atoms with E-state index in [-0.39, 0.29) is 5.02 Å². The van der Waals surface area contributed by atoms with E-state index in [1.54, 1.807) is 12.3 Å². The van der Waals surface area contributed by atoms with E-state index in [1.165, 1.54) is 12.1 Å². The van der Waals surface area contributed by atoms with E-state index < -0.39 is 11.9 Å². The minimum atomic E-state index is -0.782. The standard InChI is InChI=1S/C14H14ClFN2O/c15-12-5-4-10(7-13(12)16)14(19)9-17-8-11-3-1-2-6-18-11/h1-7,14,17,19H,8-9H2. The molecule has 0 bridgehead atoms. The van der Waals surface area contributed by atoms with Crippen LogP contribution in [-0.4, -0.2) is 16.6 Å². The summed E-state index contributed by atoms with van der Waals surface area (Å²) in [5.41, 5.74) is 1.38. The molecule has 0 saturated carbocycles. The number of rotatable bonds is 5. The number of pyridine rings is 1. The number of aliphatic hydroxyl groups is 1. The predicted molar refractivity (Wildman–Crippen MR) is 72.3 cm³/mol. The van der Waals surface area contributed by atoms with E-state index >= 15 is 0 Å². The first-order chi connectivity index (χ1) is 9.16. The smallest absolute Gasteiger partial charge is 0.142 e. The zero-order chi connectivity index (χ0) is 13.7. The predicted octanol–water partition coefficient (Wildman–Crippen LogP) is 2.70. The first-order valence-corrected chi connectivity index (χ1v) is 6.28. The van der Waals surface area contributed by atoms with Crippen molar-refractivity contribution in [3.63, 3.8) is 0 Å². The second-order valence-electron chi connectivity index (χ2n) is 4.14. The van der Waals surface area contributed by atoms with Crippen LogP contribution in [0.15, 0.2) is 42.6 Å². The molecule has 2 rings (SSSR count). The van der Waals surface area contributed by atoms with Crippen LogP contribution in [0, 0.1) is 5.82 Å². The molecule has 2 aromatic rings. The van der Waals surface area contributed by atoms with Gasteiger partial charge in [-0.15, -0.1) is 0 Å². The molecule has 1 heterocycles. The Hall–Kier alpha value is -1.49. The van der Waals surface area contributed by atoms with Gasteiger partial charge in [0, 0.05) is 19.3 Å². The summed E-state index contributed by atoms with van der Waals surface area (Å²) >= 11 is 5.59. The zero-order valence-electron chi connectivity index (χ0n) is 10.2. The molecule has 0 amide bonds. The van der Waals surface area contributed by atoms with Crippen LogP contribution in [0.3, 0.4) is 0 Å². The highest BCUT2D eigenvalue weighted by Gasteiger charge is 2.09. The molecule has 1 aromatic heterocycles. The number of nitrogens with zero attached hydrogens (tertiary/aromatic N) is 1. The summed E-state index contributed by atoms with van der Waals surface area (Å²) in [6, 6.07) is 9.92. The Labute approximate surface area is 116 Å². The van der Waals surface area contributed by atoms with Crippen LogP contribution >= 0.6 is 11.6 Å². The topological polar surface area (TPSA) is 45.1 Å². The van der Waals surface area contributed by atoms with Crippen LogP contribution in [0.4, 0.5) is 4.39 Å². The molecule has 0 aliphatic heterocycles. The Kier molecular flexibility index (Phi) is 4.85. The Morgan fingerprint density at radius 1 is 1.32 bits per heavy atom. The summed E-state index contributed by atoms with van der Waals surface area (Å²) in [5.74, 6) is -0.525. The van der Waals surface area contributed by atoms with Gasteiger partial charge in [-0.25, -0.2) is 4.39 Å². The van der Waals surface area contributed by atoms with Gasteiger partial charge in [-0.05, 0) is 29.8 Å². The van der Waals surface area contributed by atoms with Crippen LogP contribution in [0.1, 0.15) is 17.4 Å². The third kappa shape index (κ3) is 3.99. The van der Waals surface area contributed by atoms with E-state index in [2.05, 4.69) is 10.3 Å². The molecule has 1 unspecified atom stereocenters. The summed E-state index contributed by atoms with van der Waals surface area (Å²) in [6.45, 7) is 0.867. The molecule has 0 fully saturated rings. The van der Waals surface area contributed by atoms with Crippen LogP contribution in [-0.2, 0) is 6.54 Å². The second kappa shape index (κ2) is 6.61. The number of hydrogen-bond donors (Lipinski definition) is 2. The van der Waals surface area contributed by atoms with Gasteiger partial charge in [-0.1, -0.05) is 23.7 Å². The zero-order valence-corrected chi connectivity index (χ0v) is 10.9. The van der Waals surface area contributed by atoms with Gasteiger partial charge in [0.2, 0.25) is 0 Å². The van der Waals surface area contributed by atoms with E-state index in [0.717, 1.165) is 5.69 Å². The van der Waals surface area contributed by atoms with Crippen molar-refractivity contribution in [3.05, 3.63) is 64.7 Å². The van der Waals surface area contributed by atoms with Gasteiger partial charge in [0.25, 0.3) is 0 Å². The quantitative estimate of drug-likeness (QED) is 0.885. The molecule has 5 heteroatoms. The van der Waals surface area contributed by atoms with Crippen molar-refractivity contribution in [2.45, 2.75) is 12.6 Å². The maximum absolute atomic E-state index is 13.3. The van der Waals surface area contributed by atoms with Gasteiger partial charge in [-0.2, -0.15) is 0 Å². The normalized spacial score (nSPS) is 12.4. The third-order valence-corrected chi connectivity index (χ3v) is 3.00. The molecule has 0 saturated heterocycles. The molecule has 19 heavy (non-hydrogen) atoms. The fourth-order valence-electron chi connectivity index (χ4n) is 1.68. The molecule has 0 radical (unpaired) electrons. The lowest BCUT2D eigenvalue weighted by molar-refractivity contribution is 0.174. The van der Waals surface area contributed by atoms with Gasteiger partial charge in [0.05, 0.1) is 16.8 Å². The third-order valence-electron chi connectivity index (χ3n) is 2.70. The molecular weight excluding hydrogens is 267 g/mol. The summed E-state index contributed by atoms with van der Waals surface area (Å²) in [6.07, 6.45) is 0.928. The van der Waals surface area contributed by atoms with Crippen LogP contribution in [0.2, 0.25) is 5.02 Å². The Balaban J connectivity index is 1.87. The first kappa shape index (κ1) is 13.9. The van der Waals surface area contributed by atoms with Crippen molar-refractivity contribution in [2.75, 3.05) is 6.54 Å². The number of benzene rings is 1. The van der Waals surface area contributed by atoms with Crippen molar-refractivity contribution < 1.29 is 9.50 Å². The van der Waals surface area contributed by atoms with Gasteiger partial charge in [0.1, 0.15) is 5.82 Å². The highest BCUT2D eigenvalue weighted by atomic mass is 35.5. The SMILES string of the molecule is OC(CNCc1ccccn1)c1ccc(Cl)c(F)c1. The van der Waals surface area contributed by atoms with E-state index in [9.17, 15) is 9.50 Å². The van der Waals surface area contributed by atoms with Crippen molar-refractivity contribution >= 4 is 11.6 Å². The molecule has 3 nitrogen and oxygen atoms in total. The molecule has 0 aliphatic carbocycles. The van der Waals surface area contributed by atoms with Crippen molar-refractivity contribution in [1.82, 2.24) is 10.3 Å². The Bertz CT molecular complexity index is 536. The van der Waals surface area contributed by atoms with Gasteiger partial charge < -0.3 is 10.4 Å². The van der Waals surface area contributed by atoms with Crippen LogP contribution in [0.25, 0.3) is 0 Å².